The molecule has 0 fully saturated rings. The van der Waals surface area contributed by atoms with Gasteiger partial charge in [-0.2, -0.15) is 0 Å². The van der Waals surface area contributed by atoms with Gasteiger partial charge in [0.15, 0.2) is 0 Å². The van der Waals surface area contributed by atoms with Crippen molar-refractivity contribution in [2.75, 3.05) is 0 Å². The molecule has 1 N–H and O–H groups in total. The molecule has 4 nitrogen and oxygen atoms in total. The monoisotopic (exact) mass is 279 g/mol. The Bertz CT molecular complexity index is 597. The number of hydrogen-bond donors (Lipinski definition) is 1. The van der Waals surface area contributed by atoms with E-state index in [4.69, 9.17) is 0 Å². The molecule has 1 aromatic carbocycles. The van der Waals surface area contributed by atoms with Gasteiger partial charge in [0.1, 0.15) is 10.7 Å². The fraction of sp³-hybridized carbons (Fsp3) is 0.308. The van der Waals surface area contributed by atoms with E-state index in [-0.39, 0.29) is 18.3 Å². The molecule has 6 heteroatoms. The Labute approximate surface area is 114 Å². The Hall–Kier alpha value is -1.82. The number of carbonyl (C=O) groups excluding carboxylic acids is 1. The summed E-state index contributed by atoms with van der Waals surface area (Å²) in [6.45, 7) is 3.91. The molecule has 0 unspecified atom stereocenters. The summed E-state index contributed by atoms with van der Waals surface area (Å²) in [4.78, 5) is 12.5. The first kappa shape index (κ1) is 13.6. The van der Waals surface area contributed by atoms with Crippen molar-refractivity contribution >= 4 is 17.4 Å². The van der Waals surface area contributed by atoms with Crippen LogP contribution in [0.5, 0.6) is 0 Å². The molecule has 100 valence electrons. The molecule has 1 amide bonds. The number of rotatable bonds is 4. The second-order valence-corrected chi connectivity index (χ2v) is 4.92. The number of benzene rings is 1. The quantitative estimate of drug-likeness (QED) is 0.935. The SMILES string of the molecule is CCc1nnsc1C(=O)NCc1ccc(C)c(F)c1. The molecule has 0 aliphatic carbocycles. The number of aromatic nitrogens is 2. The summed E-state index contributed by atoms with van der Waals surface area (Å²) < 4.78 is 17.1. The third-order valence-electron chi connectivity index (χ3n) is 2.79. The smallest absolute Gasteiger partial charge is 0.265 e. The molecule has 2 rings (SSSR count). The Morgan fingerprint density at radius 2 is 2.26 bits per heavy atom. The maximum absolute atomic E-state index is 13.4. The van der Waals surface area contributed by atoms with Crippen LogP contribution in [0.1, 0.15) is 33.4 Å². The highest BCUT2D eigenvalue weighted by Gasteiger charge is 2.14. The predicted molar refractivity (Wildman–Crippen MR) is 71.6 cm³/mol. The molecule has 0 aliphatic heterocycles. The summed E-state index contributed by atoms with van der Waals surface area (Å²) in [6.07, 6.45) is 0.665. The number of carbonyl (C=O) groups is 1. The third-order valence-corrected chi connectivity index (χ3v) is 3.55. The summed E-state index contributed by atoms with van der Waals surface area (Å²) in [5.41, 5.74) is 2.01. The number of nitrogens with zero attached hydrogens (tertiary/aromatic N) is 2. The van der Waals surface area contributed by atoms with Crippen LogP contribution in [0.3, 0.4) is 0 Å². The van der Waals surface area contributed by atoms with Gasteiger partial charge in [0, 0.05) is 6.54 Å². The fourth-order valence-electron chi connectivity index (χ4n) is 1.62. The molecule has 0 spiro atoms. The zero-order valence-electron chi connectivity index (χ0n) is 10.7. The zero-order valence-corrected chi connectivity index (χ0v) is 11.6. The highest BCUT2D eigenvalue weighted by atomic mass is 32.1. The lowest BCUT2D eigenvalue weighted by molar-refractivity contribution is 0.0954. The molecule has 0 aliphatic rings. The molecule has 1 heterocycles. The van der Waals surface area contributed by atoms with Crippen LogP contribution >= 0.6 is 11.5 Å². The first-order valence-corrected chi connectivity index (χ1v) is 6.73. The average molecular weight is 279 g/mol. The molecule has 19 heavy (non-hydrogen) atoms. The van der Waals surface area contributed by atoms with Crippen LogP contribution in [-0.2, 0) is 13.0 Å². The summed E-state index contributed by atoms with van der Waals surface area (Å²) in [7, 11) is 0. The van der Waals surface area contributed by atoms with Gasteiger partial charge < -0.3 is 5.32 Å². The fourth-order valence-corrected chi connectivity index (χ4v) is 2.29. The zero-order chi connectivity index (χ0) is 13.8. The van der Waals surface area contributed by atoms with Gasteiger partial charge in [0.25, 0.3) is 5.91 Å². The molecule has 0 bridgehead atoms. The molecular weight excluding hydrogens is 265 g/mol. The Balaban J connectivity index is 2.02. The van der Waals surface area contributed by atoms with Crippen LogP contribution in [0.15, 0.2) is 18.2 Å². The van der Waals surface area contributed by atoms with Crippen molar-refractivity contribution in [2.45, 2.75) is 26.8 Å². The average Bonchev–Trinajstić information content (AvgIpc) is 2.88. The number of hydrogen-bond acceptors (Lipinski definition) is 4. The lowest BCUT2D eigenvalue weighted by Gasteiger charge is -2.05. The van der Waals surface area contributed by atoms with E-state index in [2.05, 4.69) is 14.9 Å². The van der Waals surface area contributed by atoms with Crippen molar-refractivity contribution in [3.63, 3.8) is 0 Å². The van der Waals surface area contributed by atoms with E-state index in [0.29, 0.717) is 22.6 Å². The van der Waals surface area contributed by atoms with Crippen molar-refractivity contribution in [3.8, 4) is 0 Å². The molecule has 0 radical (unpaired) electrons. The number of aryl methyl sites for hydroxylation is 2. The molecule has 0 saturated heterocycles. The number of amides is 1. The highest BCUT2D eigenvalue weighted by molar-refractivity contribution is 7.08. The predicted octanol–water partition coefficient (Wildman–Crippen LogP) is 2.48. The standard InChI is InChI=1S/C13H14FN3OS/c1-3-11-12(19-17-16-11)13(18)15-7-9-5-4-8(2)10(14)6-9/h4-6H,3,7H2,1-2H3,(H,15,18). The van der Waals surface area contributed by atoms with Gasteiger partial charge in [0.2, 0.25) is 0 Å². The summed E-state index contributed by atoms with van der Waals surface area (Å²) >= 11 is 1.08. The second-order valence-electron chi connectivity index (χ2n) is 4.17. The van der Waals surface area contributed by atoms with E-state index in [1.165, 1.54) is 6.07 Å². The molecule has 0 atom stereocenters. The Morgan fingerprint density at radius 1 is 1.47 bits per heavy atom. The summed E-state index contributed by atoms with van der Waals surface area (Å²) in [5.74, 6) is -0.478. The summed E-state index contributed by atoms with van der Waals surface area (Å²) in [5, 5.41) is 6.63. The first-order chi connectivity index (χ1) is 9.11. The number of nitrogens with one attached hydrogen (secondary N) is 1. The van der Waals surface area contributed by atoms with Gasteiger partial charge in [0.05, 0.1) is 5.69 Å². The minimum atomic E-state index is -0.263. The van der Waals surface area contributed by atoms with Crippen LogP contribution in [0, 0.1) is 12.7 Å². The van der Waals surface area contributed by atoms with Crippen LogP contribution in [0.25, 0.3) is 0 Å². The van der Waals surface area contributed by atoms with E-state index in [9.17, 15) is 9.18 Å². The van der Waals surface area contributed by atoms with E-state index < -0.39 is 0 Å². The van der Waals surface area contributed by atoms with Gasteiger partial charge in [-0.1, -0.05) is 23.5 Å². The first-order valence-electron chi connectivity index (χ1n) is 5.96. The minimum Gasteiger partial charge on any atom is -0.347 e. The van der Waals surface area contributed by atoms with Crippen LogP contribution in [-0.4, -0.2) is 15.5 Å². The van der Waals surface area contributed by atoms with Gasteiger partial charge in [-0.15, -0.1) is 5.10 Å². The van der Waals surface area contributed by atoms with Gasteiger partial charge in [-0.05, 0) is 42.1 Å². The van der Waals surface area contributed by atoms with E-state index in [1.807, 2.05) is 6.92 Å². The third kappa shape index (κ3) is 3.14. The van der Waals surface area contributed by atoms with Crippen molar-refractivity contribution in [3.05, 3.63) is 45.7 Å². The van der Waals surface area contributed by atoms with Crippen molar-refractivity contribution in [1.82, 2.24) is 14.9 Å². The maximum Gasteiger partial charge on any atom is 0.265 e. The molecule has 2 aromatic rings. The molecular formula is C13H14FN3OS. The maximum atomic E-state index is 13.4. The Kier molecular flexibility index (Phi) is 4.21. The van der Waals surface area contributed by atoms with Crippen molar-refractivity contribution in [2.24, 2.45) is 0 Å². The van der Waals surface area contributed by atoms with Crippen LogP contribution in [0.4, 0.5) is 4.39 Å². The molecule has 1 aromatic heterocycles. The van der Waals surface area contributed by atoms with Gasteiger partial charge in [-0.25, -0.2) is 4.39 Å². The van der Waals surface area contributed by atoms with E-state index in [0.717, 1.165) is 17.1 Å². The Morgan fingerprint density at radius 3 is 2.95 bits per heavy atom. The van der Waals surface area contributed by atoms with Crippen molar-refractivity contribution in [1.29, 1.82) is 0 Å². The van der Waals surface area contributed by atoms with E-state index >= 15 is 0 Å². The van der Waals surface area contributed by atoms with Crippen molar-refractivity contribution < 1.29 is 9.18 Å². The van der Waals surface area contributed by atoms with E-state index in [1.54, 1.807) is 19.1 Å². The highest BCUT2D eigenvalue weighted by Crippen LogP contribution is 2.12. The van der Waals surface area contributed by atoms with Crippen LogP contribution in [0.2, 0.25) is 0 Å². The van der Waals surface area contributed by atoms with Crippen LogP contribution < -0.4 is 5.32 Å². The lowest BCUT2D eigenvalue weighted by atomic mass is 10.1. The van der Waals surface area contributed by atoms with Gasteiger partial charge in [-0.3, -0.25) is 4.79 Å². The second kappa shape index (κ2) is 5.88. The molecule has 0 saturated carbocycles. The van der Waals surface area contributed by atoms with Gasteiger partial charge >= 0.3 is 0 Å². The topological polar surface area (TPSA) is 54.9 Å². The largest absolute Gasteiger partial charge is 0.347 e. The normalized spacial score (nSPS) is 10.5. The summed E-state index contributed by atoms with van der Waals surface area (Å²) in [6, 6.07) is 4.92. The minimum absolute atomic E-state index is 0.215. The lowest BCUT2D eigenvalue weighted by Crippen LogP contribution is -2.23. The number of halogens is 1.